The number of anilines is 2. The van der Waals surface area contributed by atoms with Crippen LogP contribution in [0.25, 0.3) is 0 Å². The van der Waals surface area contributed by atoms with Gasteiger partial charge in [-0.05, 0) is 12.1 Å². The smallest absolute Gasteiger partial charge is 0.243 e. The Kier molecular flexibility index (Phi) is 6.33. The Bertz CT molecular complexity index is 708. The topological polar surface area (TPSA) is 78.1 Å². The molecule has 0 aliphatic carbocycles. The Morgan fingerprint density at radius 1 is 0.880 bits per heavy atom. The molecule has 0 heterocycles. The molecule has 0 aliphatic rings. The Morgan fingerprint density at radius 3 is 2.04 bits per heavy atom. The van der Waals surface area contributed by atoms with Crippen LogP contribution in [0.4, 0.5) is 11.4 Å². The van der Waals surface area contributed by atoms with Gasteiger partial charge in [-0.15, -0.1) is 0 Å². The highest BCUT2D eigenvalue weighted by atomic mass is 16.5. The van der Waals surface area contributed by atoms with Crippen molar-refractivity contribution in [2.45, 2.75) is 0 Å². The molecule has 0 atom stereocenters. The molecule has 2 aromatic carbocycles. The van der Waals surface area contributed by atoms with Gasteiger partial charge in [-0.1, -0.05) is 12.1 Å². The van der Waals surface area contributed by atoms with Gasteiger partial charge in [0.15, 0.2) is 11.5 Å². The summed E-state index contributed by atoms with van der Waals surface area (Å²) in [5, 5.41) is 5.83. The lowest BCUT2D eigenvalue weighted by atomic mass is 10.2. The number of rotatable bonds is 8. The fourth-order valence-electron chi connectivity index (χ4n) is 2.32. The lowest BCUT2D eigenvalue weighted by molar-refractivity contribution is -0.114. The second-order valence-electron chi connectivity index (χ2n) is 5.02. The number of hydrogen-bond donors (Lipinski definition) is 2. The summed E-state index contributed by atoms with van der Waals surface area (Å²) in [7, 11) is 6.14. The van der Waals surface area contributed by atoms with Crippen molar-refractivity contribution in [1.82, 2.24) is 0 Å². The molecule has 2 aromatic rings. The fraction of sp³-hybridized carbons (Fsp3) is 0.278. The van der Waals surface area contributed by atoms with Gasteiger partial charge < -0.3 is 29.6 Å². The van der Waals surface area contributed by atoms with Crippen LogP contribution in [0.3, 0.4) is 0 Å². The predicted molar refractivity (Wildman–Crippen MR) is 96.2 cm³/mol. The number of methoxy groups -OCH3 is 4. The first kappa shape index (κ1) is 18.3. The SMILES string of the molecule is COc1ccccc1NCC(=O)Nc1cc(OC)c(OC)c(OC)c1. The maximum atomic E-state index is 12.2. The average molecular weight is 346 g/mol. The number of nitrogens with one attached hydrogen (secondary N) is 2. The van der Waals surface area contributed by atoms with Crippen LogP contribution in [-0.4, -0.2) is 40.9 Å². The molecule has 0 saturated heterocycles. The van der Waals surface area contributed by atoms with E-state index in [0.29, 0.717) is 28.7 Å². The number of para-hydroxylation sites is 2. The molecule has 0 radical (unpaired) electrons. The maximum absolute atomic E-state index is 12.2. The van der Waals surface area contributed by atoms with Gasteiger partial charge in [0.05, 0.1) is 40.7 Å². The zero-order valence-electron chi connectivity index (χ0n) is 14.7. The van der Waals surface area contributed by atoms with Crippen LogP contribution in [0.15, 0.2) is 36.4 Å². The van der Waals surface area contributed by atoms with E-state index in [0.717, 1.165) is 5.69 Å². The zero-order valence-corrected chi connectivity index (χ0v) is 14.7. The summed E-state index contributed by atoms with van der Waals surface area (Å²) >= 11 is 0. The third kappa shape index (κ3) is 4.47. The molecule has 2 N–H and O–H groups in total. The molecule has 1 amide bonds. The normalized spacial score (nSPS) is 9.92. The highest BCUT2D eigenvalue weighted by Gasteiger charge is 2.14. The summed E-state index contributed by atoms with van der Waals surface area (Å²) < 4.78 is 21.0. The lowest BCUT2D eigenvalue weighted by Gasteiger charge is -2.15. The molecule has 7 heteroatoms. The van der Waals surface area contributed by atoms with Crippen LogP contribution in [0.5, 0.6) is 23.0 Å². The van der Waals surface area contributed by atoms with Crippen LogP contribution in [-0.2, 0) is 4.79 Å². The standard InChI is InChI=1S/C18H22N2O5/c1-22-14-8-6-5-7-13(14)19-11-17(21)20-12-9-15(23-2)18(25-4)16(10-12)24-3/h5-10,19H,11H2,1-4H3,(H,20,21). The van der Waals surface area contributed by atoms with Crippen LogP contribution in [0, 0.1) is 0 Å². The van der Waals surface area contributed by atoms with Gasteiger partial charge in [0, 0.05) is 17.8 Å². The van der Waals surface area contributed by atoms with E-state index in [1.807, 2.05) is 24.3 Å². The van der Waals surface area contributed by atoms with Gasteiger partial charge >= 0.3 is 0 Å². The third-order valence-electron chi connectivity index (χ3n) is 3.49. The van der Waals surface area contributed by atoms with Crippen molar-refractivity contribution in [3.63, 3.8) is 0 Å². The Balaban J connectivity index is 2.07. The van der Waals surface area contributed by atoms with Gasteiger partial charge in [0.1, 0.15) is 5.75 Å². The number of hydrogen-bond acceptors (Lipinski definition) is 6. The summed E-state index contributed by atoms with van der Waals surface area (Å²) in [5.74, 6) is 1.85. The van der Waals surface area contributed by atoms with Gasteiger partial charge in [-0.3, -0.25) is 4.79 Å². The van der Waals surface area contributed by atoms with Crippen molar-refractivity contribution in [2.24, 2.45) is 0 Å². The Labute approximate surface area is 146 Å². The molecule has 0 aromatic heterocycles. The fourth-order valence-corrected chi connectivity index (χ4v) is 2.32. The van der Waals surface area contributed by atoms with E-state index in [1.54, 1.807) is 19.2 Å². The van der Waals surface area contributed by atoms with E-state index in [9.17, 15) is 4.79 Å². The summed E-state index contributed by atoms with van der Waals surface area (Å²) in [6.07, 6.45) is 0. The van der Waals surface area contributed by atoms with Crippen LogP contribution < -0.4 is 29.6 Å². The number of ether oxygens (including phenoxy) is 4. The largest absolute Gasteiger partial charge is 0.495 e. The van der Waals surface area contributed by atoms with E-state index in [4.69, 9.17) is 18.9 Å². The van der Waals surface area contributed by atoms with Gasteiger partial charge in [-0.2, -0.15) is 0 Å². The van der Waals surface area contributed by atoms with E-state index in [1.165, 1.54) is 21.3 Å². The van der Waals surface area contributed by atoms with Crippen molar-refractivity contribution < 1.29 is 23.7 Å². The van der Waals surface area contributed by atoms with E-state index < -0.39 is 0 Å². The third-order valence-corrected chi connectivity index (χ3v) is 3.49. The number of benzene rings is 2. The second kappa shape index (κ2) is 8.68. The van der Waals surface area contributed by atoms with Gasteiger partial charge in [0.2, 0.25) is 11.7 Å². The van der Waals surface area contributed by atoms with Crippen LogP contribution in [0.2, 0.25) is 0 Å². The number of carbonyl (C=O) groups excluding carboxylic acids is 1. The second-order valence-corrected chi connectivity index (χ2v) is 5.02. The van der Waals surface area contributed by atoms with Crippen molar-refractivity contribution in [3.8, 4) is 23.0 Å². The minimum atomic E-state index is -0.222. The minimum absolute atomic E-state index is 0.0804. The maximum Gasteiger partial charge on any atom is 0.243 e. The molecular weight excluding hydrogens is 324 g/mol. The molecular formula is C18H22N2O5. The zero-order chi connectivity index (χ0) is 18.2. The van der Waals surface area contributed by atoms with Crippen molar-refractivity contribution in [2.75, 3.05) is 45.6 Å². The molecule has 0 fully saturated rings. The first-order valence-electron chi connectivity index (χ1n) is 7.59. The van der Waals surface area contributed by atoms with E-state index in [2.05, 4.69) is 10.6 Å². The molecule has 0 unspecified atom stereocenters. The quantitative estimate of drug-likeness (QED) is 0.765. The van der Waals surface area contributed by atoms with E-state index in [-0.39, 0.29) is 12.5 Å². The summed E-state index contributed by atoms with van der Waals surface area (Å²) in [5.41, 5.74) is 1.28. The summed E-state index contributed by atoms with van der Waals surface area (Å²) in [4.78, 5) is 12.2. The van der Waals surface area contributed by atoms with Crippen LogP contribution >= 0.6 is 0 Å². The highest BCUT2D eigenvalue weighted by molar-refractivity contribution is 5.94. The first-order chi connectivity index (χ1) is 12.1. The molecule has 134 valence electrons. The Morgan fingerprint density at radius 2 is 1.48 bits per heavy atom. The van der Waals surface area contributed by atoms with Crippen molar-refractivity contribution in [3.05, 3.63) is 36.4 Å². The number of amides is 1. The van der Waals surface area contributed by atoms with Crippen molar-refractivity contribution in [1.29, 1.82) is 0 Å². The number of carbonyl (C=O) groups is 1. The van der Waals surface area contributed by atoms with Crippen LogP contribution in [0.1, 0.15) is 0 Å². The highest BCUT2D eigenvalue weighted by Crippen LogP contribution is 2.39. The van der Waals surface area contributed by atoms with Gasteiger partial charge in [0.25, 0.3) is 0 Å². The molecule has 0 bridgehead atoms. The molecule has 0 aliphatic heterocycles. The van der Waals surface area contributed by atoms with Crippen molar-refractivity contribution >= 4 is 17.3 Å². The first-order valence-corrected chi connectivity index (χ1v) is 7.59. The molecule has 0 spiro atoms. The lowest BCUT2D eigenvalue weighted by Crippen LogP contribution is -2.22. The monoisotopic (exact) mass is 346 g/mol. The summed E-state index contributed by atoms with van der Waals surface area (Å²) in [6.45, 7) is 0.0804. The Hall–Kier alpha value is -3.09. The van der Waals surface area contributed by atoms with Gasteiger partial charge in [-0.25, -0.2) is 0 Å². The molecule has 2 rings (SSSR count). The summed E-state index contributed by atoms with van der Waals surface area (Å²) in [6, 6.07) is 10.7. The average Bonchev–Trinajstić information content (AvgIpc) is 2.65. The molecule has 25 heavy (non-hydrogen) atoms. The predicted octanol–water partition coefficient (Wildman–Crippen LogP) is 2.77. The molecule has 0 saturated carbocycles. The van der Waals surface area contributed by atoms with E-state index >= 15 is 0 Å². The molecule has 7 nitrogen and oxygen atoms in total. The minimum Gasteiger partial charge on any atom is -0.495 e.